The second-order valence-corrected chi connectivity index (χ2v) is 4.24. The summed E-state index contributed by atoms with van der Waals surface area (Å²) in [6.45, 7) is -2.38. The van der Waals surface area contributed by atoms with Crippen molar-refractivity contribution in [3.05, 3.63) is 41.4 Å². The van der Waals surface area contributed by atoms with Crippen LogP contribution in [-0.2, 0) is 13.6 Å². The molecule has 0 aliphatic carbocycles. The minimum absolute atomic E-state index is 0.0424. The van der Waals surface area contributed by atoms with E-state index in [1.165, 1.54) is 12.1 Å². The number of benzene rings is 1. The molecule has 1 aromatic heterocycles. The maximum atomic E-state index is 12.1. The average Bonchev–Trinajstić information content (AvgIpc) is 2.75. The highest BCUT2D eigenvalue weighted by atomic mass is 35.5. The Labute approximate surface area is 114 Å². The molecule has 0 fully saturated rings. The normalized spacial score (nSPS) is 10.8. The summed E-state index contributed by atoms with van der Waals surface area (Å²) < 4.78 is 30.3. The number of rotatable bonds is 5. The molecule has 0 spiro atoms. The zero-order chi connectivity index (χ0) is 13.8. The Morgan fingerprint density at radius 2 is 2.26 bits per heavy atom. The van der Waals surface area contributed by atoms with Crippen molar-refractivity contribution in [2.24, 2.45) is 7.05 Å². The van der Waals surface area contributed by atoms with E-state index in [2.05, 4.69) is 15.0 Å². The van der Waals surface area contributed by atoms with Gasteiger partial charge in [-0.25, -0.2) is 4.98 Å². The van der Waals surface area contributed by atoms with Gasteiger partial charge in [0.25, 0.3) is 0 Å². The Balaban J connectivity index is 2.02. The highest BCUT2D eigenvalue weighted by Gasteiger charge is 2.09. The third-order valence-corrected chi connectivity index (χ3v) is 2.81. The standard InChI is InChI=1S/C12H12ClF2N3O/c1-18-5-4-16-11(18)7-17-8-2-3-10(9(13)6-8)19-12(14)15/h2-6,12,17H,7H2,1H3. The molecule has 1 aromatic carbocycles. The summed E-state index contributed by atoms with van der Waals surface area (Å²) in [5.41, 5.74) is 0.703. The van der Waals surface area contributed by atoms with E-state index in [1.54, 1.807) is 12.3 Å². The van der Waals surface area contributed by atoms with Crippen LogP contribution in [0, 0.1) is 0 Å². The monoisotopic (exact) mass is 287 g/mol. The minimum Gasteiger partial charge on any atom is -0.433 e. The molecule has 1 heterocycles. The number of aromatic nitrogens is 2. The van der Waals surface area contributed by atoms with Crippen LogP contribution in [-0.4, -0.2) is 16.2 Å². The van der Waals surface area contributed by atoms with Gasteiger partial charge in [0.2, 0.25) is 0 Å². The number of hydrogen-bond acceptors (Lipinski definition) is 3. The smallest absolute Gasteiger partial charge is 0.387 e. The van der Waals surface area contributed by atoms with Gasteiger partial charge in [-0.15, -0.1) is 0 Å². The molecule has 0 aliphatic rings. The Bertz CT molecular complexity index is 560. The van der Waals surface area contributed by atoms with Crippen LogP contribution >= 0.6 is 11.6 Å². The number of ether oxygens (including phenoxy) is 1. The van der Waals surface area contributed by atoms with Gasteiger partial charge in [0, 0.05) is 25.1 Å². The number of halogens is 3. The van der Waals surface area contributed by atoms with Crippen molar-refractivity contribution in [3.8, 4) is 5.75 Å². The summed E-state index contributed by atoms with van der Waals surface area (Å²) >= 11 is 5.85. The quantitative estimate of drug-likeness (QED) is 0.917. The van der Waals surface area contributed by atoms with Gasteiger partial charge < -0.3 is 14.6 Å². The molecule has 0 unspecified atom stereocenters. The largest absolute Gasteiger partial charge is 0.433 e. The van der Waals surface area contributed by atoms with Crippen molar-refractivity contribution in [3.63, 3.8) is 0 Å². The molecule has 0 atom stereocenters. The molecule has 0 saturated heterocycles. The molecule has 2 rings (SSSR count). The predicted molar refractivity (Wildman–Crippen MR) is 68.6 cm³/mol. The summed E-state index contributed by atoms with van der Waals surface area (Å²) in [6.07, 6.45) is 3.53. The number of imidazole rings is 1. The lowest BCUT2D eigenvalue weighted by Gasteiger charge is -2.10. The lowest BCUT2D eigenvalue weighted by atomic mass is 10.3. The van der Waals surface area contributed by atoms with Gasteiger partial charge >= 0.3 is 6.61 Å². The summed E-state index contributed by atoms with van der Waals surface area (Å²) in [4.78, 5) is 4.15. The SMILES string of the molecule is Cn1ccnc1CNc1ccc(OC(F)F)c(Cl)c1. The fourth-order valence-electron chi connectivity index (χ4n) is 1.55. The summed E-state index contributed by atoms with van der Waals surface area (Å²) in [6, 6.07) is 4.55. The van der Waals surface area contributed by atoms with Crippen molar-refractivity contribution in [1.82, 2.24) is 9.55 Å². The second kappa shape index (κ2) is 5.88. The number of anilines is 1. The molecule has 0 radical (unpaired) electrons. The molecule has 102 valence electrons. The van der Waals surface area contributed by atoms with Crippen molar-refractivity contribution < 1.29 is 13.5 Å². The molecule has 0 amide bonds. The van der Waals surface area contributed by atoms with Gasteiger partial charge in [-0.1, -0.05) is 11.6 Å². The average molecular weight is 288 g/mol. The van der Waals surface area contributed by atoms with E-state index >= 15 is 0 Å². The van der Waals surface area contributed by atoms with Crippen LogP contribution in [0.2, 0.25) is 5.02 Å². The Hall–Kier alpha value is -1.82. The maximum Gasteiger partial charge on any atom is 0.387 e. The van der Waals surface area contributed by atoms with E-state index in [0.29, 0.717) is 12.2 Å². The van der Waals surface area contributed by atoms with E-state index < -0.39 is 6.61 Å². The molecule has 4 nitrogen and oxygen atoms in total. The van der Waals surface area contributed by atoms with E-state index in [4.69, 9.17) is 11.6 Å². The van der Waals surface area contributed by atoms with Crippen LogP contribution in [0.15, 0.2) is 30.6 Å². The van der Waals surface area contributed by atoms with Gasteiger partial charge in [0.1, 0.15) is 11.6 Å². The Kier molecular flexibility index (Phi) is 4.21. The summed E-state index contributed by atoms with van der Waals surface area (Å²) in [7, 11) is 1.89. The third-order valence-electron chi connectivity index (χ3n) is 2.52. The van der Waals surface area contributed by atoms with Crippen molar-refractivity contribution >= 4 is 17.3 Å². The van der Waals surface area contributed by atoms with E-state index in [1.807, 2.05) is 17.8 Å². The van der Waals surface area contributed by atoms with Crippen LogP contribution in [0.1, 0.15) is 5.82 Å². The molecule has 1 N–H and O–H groups in total. The molecule has 2 aromatic rings. The number of aryl methyl sites for hydroxylation is 1. The van der Waals surface area contributed by atoms with E-state index in [9.17, 15) is 8.78 Å². The first-order chi connectivity index (χ1) is 9.06. The van der Waals surface area contributed by atoms with Gasteiger partial charge in [0.15, 0.2) is 0 Å². The maximum absolute atomic E-state index is 12.1. The lowest BCUT2D eigenvalue weighted by molar-refractivity contribution is -0.0497. The topological polar surface area (TPSA) is 39.1 Å². The number of nitrogens with zero attached hydrogens (tertiary/aromatic N) is 2. The van der Waals surface area contributed by atoms with Gasteiger partial charge in [0.05, 0.1) is 11.6 Å². The first-order valence-electron chi connectivity index (χ1n) is 5.50. The highest BCUT2D eigenvalue weighted by Crippen LogP contribution is 2.29. The number of nitrogens with one attached hydrogen (secondary N) is 1. The zero-order valence-electron chi connectivity index (χ0n) is 10.1. The predicted octanol–water partition coefficient (Wildman–Crippen LogP) is 3.29. The number of alkyl halides is 2. The van der Waals surface area contributed by atoms with Crippen molar-refractivity contribution in [2.75, 3.05) is 5.32 Å². The molecule has 7 heteroatoms. The summed E-state index contributed by atoms with van der Waals surface area (Å²) in [5, 5.41) is 3.23. The number of hydrogen-bond donors (Lipinski definition) is 1. The Morgan fingerprint density at radius 1 is 1.47 bits per heavy atom. The Morgan fingerprint density at radius 3 is 2.84 bits per heavy atom. The van der Waals surface area contributed by atoms with Crippen molar-refractivity contribution in [1.29, 1.82) is 0 Å². The van der Waals surface area contributed by atoms with E-state index in [0.717, 1.165) is 5.82 Å². The van der Waals surface area contributed by atoms with Crippen LogP contribution in [0.4, 0.5) is 14.5 Å². The van der Waals surface area contributed by atoms with Crippen LogP contribution < -0.4 is 10.1 Å². The molecular weight excluding hydrogens is 276 g/mol. The van der Waals surface area contributed by atoms with Crippen molar-refractivity contribution in [2.45, 2.75) is 13.2 Å². The first kappa shape index (κ1) is 13.6. The molecule has 0 aliphatic heterocycles. The van der Waals surface area contributed by atoms with Crippen LogP contribution in [0.5, 0.6) is 5.75 Å². The zero-order valence-corrected chi connectivity index (χ0v) is 10.9. The summed E-state index contributed by atoms with van der Waals surface area (Å²) in [5.74, 6) is 0.809. The van der Waals surface area contributed by atoms with Gasteiger partial charge in [-0.3, -0.25) is 0 Å². The second-order valence-electron chi connectivity index (χ2n) is 3.83. The lowest BCUT2D eigenvalue weighted by Crippen LogP contribution is -2.06. The molecule has 19 heavy (non-hydrogen) atoms. The third kappa shape index (κ3) is 3.57. The van der Waals surface area contributed by atoms with Crippen LogP contribution in [0.25, 0.3) is 0 Å². The van der Waals surface area contributed by atoms with Gasteiger partial charge in [-0.2, -0.15) is 8.78 Å². The van der Waals surface area contributed by atoms with E-state index in [-0.39, 0.29) is 10.8 Å². The fourth-order valence-corrected chi connectivity index (χ4v) is 1.78. The molecule has 0 bridgehead atoms. The van der Waals surface area contributed by atoms with Gasteiger partial charge in [-0.05, 0) is 18.2 Å². The fraction of sp³-hybridized carbons (Fsp3) is 0.250. The molecular formula is C12H12ClF2N3O. The highest BCUT2D eigenvalue weighted by molar-refractivity contribution is 6.32. The minimum atomic E-state index is -2.89. The van der Waals surface area contributed by atoms with Crippen LogP contribution in [0.3, 0.4) is 0 Å². The first-order valence-corrected chi connectivity index (χ1v) is 5.88. The molecule has 0 saturated carbocycles.